The molecule has 4 nitrogen and oxygen atoms in total. The maximum Gasteiger partial charge on any atom is 0.423 e. The Morgan fingerprint density at radius 2 is 1.76 bits per heavy atom. The predicted molar refractivity (Wildman–Crippen MR) is 70.3 cm³/mol. The van der Waals surface area contributed by atoms with Crippen LogP contribution in [0.4, 0.5) is 18.9 Å². The average Bonchev–Trinajstić information content (AvgIpc) is 2.37. The minimum absolute atomic E-state index is 0.0158. The first-order chi connectivity index (χ1) is 9.77. The molecule has 0 saturated carbocycles. The number of phenols is 1. The molecular weight excluding hydrogens is 307 g/mol. The van der Waals surface area contributed by atoms with Crippen LogP contribution in [0, 0.1) is 10.1 Å². The molecule has 0 bridgehead atoms. The molecule has 8 heteroatoms. The van der Waals surface area contributed by atoms with Gasteiger partial charge in [0.2, 0.25) is 0 Å². The van der Waals surface area contributed by atoms with Crippen LogP contribution < -0.4 is 0 Å². The van der Waals surface area contributed by atoms with Crippen LogP contribution >= 0.6 is 11.8 Å². The number of nitrogens with zero attached hydrogens (tertiary/aromatic N) is 1. The minimum atomic E-state index is -4.81. The SMILES string of the molecule is O=[N+]([O-])c1ccc(Sc2cccc(O)c2)cc1C(F)(F)F. The van der Waals surface area contributed by atoms with Gasteiger partial charge in [0.05, 0.1) is 4.92 Å². The normalized spacial score (nSPS) is 11.4. The van der Waals surface area contributed by atoms with Crippen molar-refractivity contribution in [2.45, 2.75) is 16.0 Å². The highest BCUT2D eigenvalue weighted by Gasteiger charge is 2.38. The molecule has 0 aromatic heterocycles. The first-order valence-corrected chi connectivity index (χ1v) is 6.41. The Morgan fingerprint density at radius 1 is 1.10 bits per heavy atom. The molecule has 0 heterocycles. The third kappa shape index (κ3) is 3.66. The van der Waals surface area contributed by atoms with Gasteiger partial charge < -0.3 is 5.11 Å². The number of hydrogen-bond acceptors (Lipinski definition) is 4. The first kappa shape index (κ1) is 15.2. The monoisotopic (exact) mass is 315 g/mol. The summed E-state index contributed by atoms with van der Waals surface area (Å²) in [5.41, 5.74) is -2.28. The van der Waals surface area contributed by atoms with Crippen molar-refractivity contribution in [1.29, 1.82) is 0 Å². The zero-order valence-corrected chi connectivity index (χ0v) is 11.1. The van der Waals surface area contributed by atoms with E-state index in [0.717, 1.165) is 23.9 Å². The Morgan fingerprint density at radius 3 is 2.33 bits per heavy atom. The highest BCUT2D eigenvalue weighted by atomic mass is 32.2. The summed E-state index contributed by atoms with van der Waals surface area (Å²) in [7, 11) is 0. The van der Waals surface area contributed by atoms with E-state index in [-0.39, 0.29) is 10.6 Å². The van der Waals surface area contributed by atoms with Gasteiger partial charge in [-0.3, -0.25) is 10.1 Å². The lowest BCUT2D eigenvalue weighted by Crippen LogP contribution is -2.08. The number of nitro benzene ring substituents is 1. The summed E-state index contributed by atoms with van der Waals surface area (Å²) in [5.74, 6) is -0.0158. The van der Waals surface area contributed by atoms with Gasteiger partial charge in [-0.05, 0) is 30.3 Å². The molecular formula is C13H8F3NO3S. The van der Waals surface area contributed by atoms with Crippen molar-refractivity contribution >= 4 is 17.4 Å². The number of nitro groups is 1. The van der Waals surface area contributed by atoms with Gasteiger partial charge in [0.15, 0.2) is 0 Å². The summed E-state index contributed by atoms with van der Waals surface area (Å²) < 4.78 is 38.5. The Kier molecular flexibility index (Phi) is 4.08. The average molecular weight is 315 g/mol. The molecule has 1 N–H and O–H groups in total. The van der Waals surface area contributed by atoms with Gasteiger partial charge in [-0.15, -0.1) is 0 Å². The highest BCUT2D eigenvalue weighted by molar-refractivity contribution is 7.99. The topological polar surface area (TPSA) is 63.4 Å². The van der Waals surface area contributed by atoms with E-state index in [0.29, 0.717) is 4.90 Å². The first-order valence-electron chi connectivity index (χ1n) is 5.60. The van der Waals surface area contributed by atoms with Crippen LogP contribution in [0.25, 0.3) is 0 Å². The van der Waals surface area contributed by atoms with Gasteiger partial charge in [0, 0.05) is 15.9 Å². The summed E-state index contributed by atoms with van der Waals surface area (Å²) in [4.78, 5) is 10.3. The Balaban J connectivity index is 2.40. The summed E-state index contributed by atoms with van der Waals surface area (Å²) >= 11 is 0.970. The molecule has 0 radical (unpaired) electrons. The molecule has 2 rings (SSSR count). The number of hydrogen-bond donors (Lipinski definition) is 1. The minimum Gasteiger partial charge on any atom is -0.508 e. The second-order valence-corrected chi connectivity index (χ2v) is 5.18. The van der Waals surface area contributed by atoms with Gasteiger partial charge in [0.1, 0.15) is 11.3 Å². The van der Waals surface area contributed by atoms with E-state index in [1.54, 1.807) is 12.1 Å². The maximum absolute atomic E-state index is 12.8. The quantitative estimate of drug-likeness (QED) is 0.670. The van der Waals surface area contributed by atoms with Crippen LogP contribution in [0.1, 0.15) is 5.56 Å². The third-order valence-corrected chi connectivity index (χ3v) is 3.50. The van der Waals surface area contributed by atoms with Gasteiger partial charge in [0.25, 0.3) is 5.69 Å². The van der Waals surface area contributed by atoms with Crippen LogP contribution in [-0.2, 0) is 6.18 Å². The third-order valence-electron chi connectivity index (χ3n) is 2.52. The summed E-state index contributed by atoms with van der Waals surface area (Å²) in [6, 6.07) is 8.77. The number of aromatic hydroxyl groups is 1. The largest absolute Gasteiger partial charge is 0.508 e. The van der Waals surface area contributed by atoms with Crippen LogP contribution in [0.15, 0.2) is 52.3 Å². The van der Waals surface area contributed by atoms with Crippen molar-refractivity contribution in [1.82, 2.24) is 0 Å². The van der Waals surface area contributed by atoms with Crippen molar-refractivity contribution in [3.63, 3.8) is 0 Å². The van der Waals surface area contributed by atoms with Crippen LogP contribution in [0.3, 0.4) is 0 Å². The molecule has 110 valence electrons. The Hall–Kier alpha value is -2.22. The lowest BCUT2D eigenvalue weighted by atomic mass is 10.2. The lowest BCUT2D eigenvalue weighted by molar-refractivity contribution is -0.388. The standard InChI is InChI=1S/C13H8F3NO3S/c14-13(15,16)11-7-10(4-5-12(11)17(19)20)21-9-3-1-2-8(18)6-9/h1-7,18H. The fourth-order valence-corrected chi connectivity index (χ4v) is 2.56. The van der Waals surface area contributed by atoms with Gasteiger partial charge in [-0.1, -0.05) is 17.8 Å². The summed E-state index contributed by atoms with van der Waals surface area (Å²) in [5, 5.41) is 20.0. The fraction of sp³-hybridized carbons (Fsp3) is 0.0769. The van der Waals surface area contributed by atoms with E-state index >= 15 is 0 Å². The second-order valence-electron chi connectivity index (χ2n) is 4.03. The number of rotatable bonds is 3. The second kappa shape index (κ2) is 5.65. The Bertz CT molecular complexity index is 689. The molecule has 0 aliphatic rings. The van der Waals surface area contributed by atoms with Crippen molar-refractivity contribution in [3.8, 4) is 5.75 Å². The van der Waals surface area contributed by atoms with Gasteiger partial charge in [-0.25, -0.2) is 0 Å². The molecule has 0 atom stereocenters. The smallest absolute Gasteiger partial charge is 0.423 e. The fourth-order valence-electron chi connectivity index (χ4n) is 1.65. The molecule has 0 spiro atoms. The number of benzene rings is 2. The van der Waals surface area contributed by atoms with E-state index in [9.17, 15) is 28.4 Å². The van der Waals surface area contributed by atoms with E-state index in [2.05, 4.69) is 0 Å². The van der Waals surface area contributed by atoms with Crippen LogP contribution in [0.5, 0.6) is 5.75 Å². The molecule has 0 unspecified atom stereocenters. The number of halogens is 3. The van der Waals surface area contributed by atoms with Crippen molar-refractivity contribution in [3.05, 3.63) is 58.1 Å². The van der Waals surface area contributed by atoms with E-state index in [1.807, 2.05) is 0 Å². The predicted octanol–water partition coefficient (Wildman–Crippen LogP) is 4.47. The van der Waals surface area contributed by atoms with Crippen molar-refractivity contribution < 1.29 is 23.2 Å². The molecule has 0 fully saturated rings. The molecule has 21 heavy (non-hydrogen) atoms. The molecule has 0 aliphatic heterocycles. The molecule has 2 aromatic carbocycles. The zero-order valence-electron chi connectivity index (χ0n) is 10.3. The van der Waals surface area contributed by atoms with E-state index in [1.165, 1.54) is 18.2 Å². The summed E-state index contributed by atoms with van der Waals surface area (Å²) in [6.45, 7) is 0. The zero-order chi connectivity index (χ0) is 15.6. The van der Waals surface area contributed by atoms with Gasteiger partial charge in [-0.2, -0.15) is 13.2 Å². The summed E-state index contributed by atoms with van der Waals surface area (Å²) in [6.07, 6.45) is -4.81. The number of alkyl halides is 3. The lowest BCUT2D eigenvalue weighted by Gasteiger charge is -2.09. The molecule has 0 saturated heterocycles. The molecule has 2 aromatic rings. The van der Waals surface area contributed by atoms with Crippen LogP contribution in [0.2, 0.25) is 0 Å². The molecule has 0 amide bonds. The van der Waals surface area contributed by atoms with Gasteiger partial charge >= 0.3 is 6.18 Å². The van der Waals surface area contributed by atoms with Crippen molar-refractivity contribution in [2.75, 3.05) is 0 Å². The Labute approximate surface area is 121 Å². The molecule has 0 aliphatic carbocycles. The van der Waals surface area contributed by atoms with E-state index < -0.39 is 22.4 Å². The van der Waals surface area contributed by atoms with E-state index in [4.69, 9.17) is 0 Å². The number of phenolic OH excluding ortho intramolecular Hbond substituents is 1. The highest BCUT2D eigenvalue weighted by Crippen LogP contribution is 2.39. The maximum atomic E-state index is 12.8. The van der Waals surface area contributed by atoms with Crippen molar-refractivity contribution in [2.24, 2.45) is 0 Å². The van der Waals surface area contributed by atoms with Crippen LogP contribution in [-0.4, -0.2) is 10.0 Å².